The molecule has 0 aliphatic rings. The number of amides is 1. The van der Waals surface area contributed by atoms with Gasteiger partial charge in [-0.2, -0.15) is 13.1 Å². The largest absolute Gasteiger partial charge is 0.449 e. The third-order valence-electron chi connectivity index (χ3n) is 1.06. The molecule has 0 unspecified atom stereocenters. The third kappa shape index (κ3) is 7.55. The number of hydrogen-bond acceptors (Lipinski definition) is 5. The van der Waals surface area contributed by atoms with E-state index in [9.17, 15) is 13.2 Å². The lowest BCUT2D eigenvalue weighted by molar-refractivity contribution is 0.158. The Balaban J connectivity index is 3.97. The number of nitrogens with zero attached hydrogens (tertiary/aromatic N) is 3. The number of rotatable bonds is 6. The van der Waals surface area contributed by atoms with Crippen LogP contribution in [0, 0.1) is 0 Å². The van der Waals surface area contributed by atoms with Gasteiger partial charge in [-0.3, -0.25) is 0 Å². The lowest BCUT2D eigenvalue weighted by atomic mass is 10.7. The highest BCUT2D eigenvalue weighted by Gasteiger charge is 2.13. The number of carbonyl (C=O) groups is 1. The topological polar surface area (TPSA) is 133 Å². The smallest absolute Gasteiger partial charge is 0.421 e. The van der Waals surface area contributed by atoms with E-state index >= 15 is 0 Å². The molecule has 0 fully saturated rings. The Morgan fingerprint density at radius 1 is 1.60 bits per heavy atom. The molecule has 2 N–H and O–H groups in total. The van der Waals surface area contributed by atoms with E-state index in [2.05, 4.69) is 14.8 Å². The number of azide groups is 1. The number of ether oxygens (including phenoxy) is 1. The van der Waals surface area contributed by atoms with Crippen molar-refractivity contribution >= 4 is 16.3 Å². The molecule has 1 amide bonds. The monoisotopic (exact) mass is 237 g/mol. The van der Waals surface area contributed by atoms with Crippen LogP contribution in [0.3, 0.4) is 0 Å². The maximum atomic E-state index is 11.0. The van der Waals surface area contributed by atoms with Crippen molar-refractivity contribution in [2.45, 2.75) is 6.92 Å². The minimum absolute atomic E-state index is 0.0414. The van der Waals surface area contributed by atoms with Crippen molar-refractivity contribution < 1.29 is 17.9 Å². The summed E-state index contributed by atoms with van der Waals surface area (Å²) < 4.78 is 30.0. The van der Waals surface area contributed by atoms with E-state index in [-0.39, 0.29) is 19.7 Å². The van der Waals surface area contributed by atoms with Gasteiger partial charge in [0.2, 0.25) is 0 Å². The Hall–Kier alpha value is -1.51. The van der Waals surface area contributed by atoms with Gasteiger partial charge < -0.3 is 4.74 Å². The second-order valence-corrected chi connectivity index (χ2v) is 3.67. The standard InChI is InChI=1S/C5H11N5O4S/c1-2-14-5(11)9-15(12,13)8-4-3-7-10-6/h8H,2-4H2,1H3,(H,9,11). The van der Waals surface area contributed by atoms with Crippen LogP contribution in [-0.4, -0.2) is 34.2 Å². The van der Waals surface area contributed by atoms with Crippen LogP contribution in [0.5, 0.6) is 0 Å². The van der Waals surface area contributed by atoms with Crippen LogP contribution in [0.4, 0.5) is 4.79 Å². The van der Waals surface area contributed by atoms with E-state index in [0.717, 1.165) is 0 Å². The van der Waals surface area contributed by atoms with Gasteiger partial charge in [0.1, 0.15) is 0 Å². The molecule has 0 aromatic carbocycles. The molecule has 0 aromatic heterocycles. The molecule has 0 saturated carbocycles. The predicted molar refractivity (Wildman–Crippen MR) is 51.1 cm³/mol. The summed E-state index contributed by atoms with van der Waals surface area (Å²) in [6.45, 7) is 1.47. The first-order valence-corrected chi connectivity index (χ1v) is 5.45. The van der Waals surface area contributed by atoms with Crippen LogP contribution >= 0.6 is 0 Å². The molecule has 0 spiro atoms. The summed E-state index contributed by atoms with van der Waals surface area (Å²) in [6, 6.07) is 0. The SMILES string of the molecule is CCOC(=O)NS(=O)(=O)NCCN=[N+]=[N-]. The van der Waals surface area contributed by atoms with Crippen LogP contribution in [0.25, 0.3) is 10.4 Å². The van der Waals surface area contributed by atoms with Crippen molar-refractivity contribution in [3.8, 4) is 0 Å². The van der Waals surface area contributed by atoms with E-state index in [1.165, 1.54) is 0 Å². The first kappa shape index (κ1) is 13.5. The van der Waals surface area contributed by atoms with Gasteiger partial charge in [-0.05, 0) is 12.5 Å². The van der Waals surface area contributed by atoms with Crippen molar-refractivity contribution in [2.24, 2.45) is 5.11 Å². The van der Waals surface area contributed by atoms with E-state index in [4.69, 9.17) is 5.53 Å². The molecule has 15 heavy (non-hydrogen) atoms. The van der Waals surface area contributed by atoms with Crippen LogP contribution in [0.2, 0.25) is 0 Å². The van der Waals surface area contributed by atoms with Crippen molar-refractivity contribution in [1.82, 2.24) is 9.44 Å². The fourth-order valence-electron chi connectivity index (χ4n) is 0.581. The average Bonchev–Trinajstić information content (AvgIpc) is 2.12. The van der Waals surface area contributed by atoms with E-state index < -0.39 is 16.3 Å². The molecule has 9 nitrogen and oxygen atoms in total. The molecular weight excluding hydrogens is 226 g/mol. The predicted octanol–water partition coefficient (Wildman–Crippen LogP) is -0.123. The van der Waals surface area contributed by atoms with Gasteiger partial charge in [-0.15, -0.1) is 0 Å². The average molecular weight is 237 g/mol. The molecule has 10 heteroatoms. The Morgan fingerprint density at radius 2 is 2.27 bits per heavy atom. The molecule has 0 aromatic rings. The second-order valence-electron chi connectivity index (χ2n) is 2.17. The highest BCUT2D eigenvalue weighted by molar-refractivity contribution is 7.88. The highest BCUT2D eigenvalue weighted by Crippen LogP contribution is 1.82. The quantitative estimate of drug-likeness (QED) is 0.288. The highest BCUT2D eigenvalue weighted by atomic mass is 32.2. The zero-order chi connectivity index (χ0) is 11.7. The van der Waals surface area contributed by atoms with E-state index in [1.807, 2.05) is 4.72 Å². The zero-order valence-corrected chi connectivity index (χ0v) is 8.82. The van der Waals surface area contributed by atoms with Gasteiger partial charge in [-0.1, -0.05) is 5.11 Å². The van der Waals surface area contributed by atoms with Gasteiger partial charge >= 0.3 is 16.3 Å². The summed E-state index contributed by atoms with van der Waals surface area (Å²) in [6.07, 6.45) is -1.06. The van der Waals surface area contributed by atoms with Crippen LogP contribution in [-0.2, 0) is 14.9 Å². The van der Waals surface area contributed by atoms with Gasteiger partial charge in [0.15, 0.2) is 0 Å². The maximum Gasteiger partial charge on any atom is 0.421 e. The van der Waals surface area contributed by atoms with Crippen LogP contribution < -0.4 is 9.44 Å². The number of hydrogen-bond donors (Lipinski definition) is 2. The summed E-state index contributed by atoms with van der Waals surface area (Å²) in [5, 5.41) is 3.10. The fraction of sp³-hybridized carbons (Fsp3) is 0.800. The van der Waals surface area contributed by atoms with E-state index in [1.54, 1.807) is 11.6 Å². The van der Waals surface area contributed by atoms with Gasteiger partial charge in [0, 0.05) is 18.0 Å². The molecule has 0 atom stereocenters. The maximum absolute atomic E-state index is 11.0. The third-order valence-corrected chi connectivity index (χ3v) is 2.08. The van der Waals surface area contributed by atoms with Crippen molar-refractivity contribution in [3.63, 3.8) is 0 Å². The molecule has 86 valence electrons. The van der Waals surface area contributed by atoms with Gasteiger partial charge in [0.05, 0.1) is 6.61 Å². The summed E-state index contributed by atoms with van der Waals surface area (Å²) in [4.78, 5) is 13.1. The number of carbonyl (C=O) groups excluding carboxylic acids is 1. The minimum atomic E-state index is -3.94. The molecular formula is C5H11N5O4S. The molecule has 0 bridgehead atoms. The lowest BCUT2D eigenvalue weighted by Crippen LogP contribution is -2.41. The molecule has 0 aliphatic carbocycles. The molecule has 0 radical (unpaired) electrons. The van der Waals surface area contributed by atoms with Gasteiger partial charge in [-0.25, -0.2) is 9.52 Å². The normalized spacial score (nSPS) is 10.2. The zero-order valence-electron chi connectivity index (χ0n) is 8.00. The Morgan fingerprint density at radius 3 is 2.80 bits per heavy atom. The fourth-order valence-corrected chi connectivity index (χ4v) is 1.29. The first-order valence-electron chi connectivity index (χ1n) is 3.97. The Kier molecular flexibility index (Phi) is 6.18. The molecule has 0 saturated heterocycles. The first-order chi connectivity index (χ1) is 7.02. The Bertz CT molecular complexity index is 346. The summed E-state index contributed by atoms with van der Waals surface area (Å²) >= 11 is 0. The summed E-state index contributed by atoms with van der Waals surface area (Å²) in [5.41, 5.74) is 7.90. The van der Waals surface area contributed by atoms with Gasteiger partial charge in [0.25, 0.3) is 0 Å². The van der Waals surface area contributed by atoms with Crippen molar-refractivity contribution in [1.29, 1.82) is 0 Å². The number of nitrogens with one attached hydrogen (secondary N) is 2. The van der Waals surface area contributed by atoms with Crippen LogP contribution in [0.15, 0.2) is 5.11 Å². The molecule has 0 aliphatic heterocycles. The van der Waals surface area contributed by atoms with Crippen LogP contribution in [0.1, 0.15) is 6.92 Å². The minimum Gasteiger partial charge on any atom is -0.449 e. The molecule has 0 rings (SSSR count). The van der Waals surface area contributed by atoms with Crippen molar-refractivity contribution in [2.75, 3.05) is 19.7 Å². The second kappa shape index (κ2) is 6.87. The Labute approximate surface area is 86.6 Å². The summed E-state index contributed by atoms with van der Waals surface area (Å²) in [5.74, 6) is 0. The lowest BCUT2D eigenvalue weighted by Gasteiger charge is -2.06. The van der Waals surface area contributed by atoms with E-state index in [0.29, 0.717) is 0 Å². The van der Waals surface area contributed by atoms with Crippen molar-refractivity contribution in [3.05, 3.63) is 10.4 Å². The molecule has 0 heterocycles. The summed E-state index contributed by atoms with van der Waals surface area (Å²) in [7, 11) is -3.94.